The van der Waals surface area contributed by atoms with E-state index in [1.54, 1.807) is 18.2 Å². The van der Waals surface area contributed by atoms with Crippen LogP contribution in [0.5, 0.6) is 17.2 Å². The van der Waals surface area contributed by atoms with Crippen molar-refractivity contribution in [2.45, 2.75) is 6.92 Å². The highest BCUT2D eigenvalue weighted by Gasteiger charge is 2.23. The van der Waals surface area contributed by atoms with Crippen molar-refractivity contribution in [1.29, 1.82) is 0 Å². The van der Waals surface area contributed by atoms with Gasteiger partial charge >= 0.3 is 5.69 Å². The van der Waals surface area contributed by atoms with Gasteiger partial charge in [-0.1, -0.05) is 12.1 Å². The molecule has 2 aliphatic rings. The largest absolute Gasteiger partial charge is 0.492 e. The summed E-state index contributed by atoms with van der Waals surface area (Å²) in [5, 5.41) is 0.222. The predicted octanol–water partition coefficient (Wildman–Crippen LogP) is 1.92. The van der Waals surface area contributed by atoms with Crippen LogP contribution in [0.1, 0.15) is 6.92 Å². The van der Waals surface area contributed by atoms with Crippen LogP contribution in [-0.2, 0) is 0 Å². The zero-order valence-corrected chi connectivity index (χ0v) is 19.6. The molecule has 0 saturated carbocycles. The van der Waals surface area contributed by atoms with Gasteiger partial charge in [-0.25, -0.2) is 14.3 Å². The van der Waals surface area contributed by atoms with Crippen LogP contribution in [0, 0.1) is 0 Å². The minimum Gasteiger partial charge on any atom is -0.492 e. The maximum atomic E-state index is 13.2. The highest BCUT2D eigenvalue weighted by Crippen LogP contribution is 2.33. The average molecular weight is 489 g/mol. The fourth-order valence-corrected chi connectivity index (χ4v) is 4.55. The minimum atomic E-state index is -0.589. The Morgan fingerprint density at radius 1 is 1.00 bits per heavy atom. The van der Waals surface area contributed by atoms with E-state index in [0.29, 0.717) is 42.8 Å². The summed E-state index contributed by atoms with van der Waals surface area (Å²) in [5.74, 6) is 2.38. The van der Waals surface area contributed by atoms with Crippen LogP contribution < -0.4 is 35.3 Å². The fraction of sp³-hybridized carbons (Fsp3) is 0.280. The first-order chi connectivity index (χ1) is 17.6. The Bertz CT molecular complexity index is 1560. The second kappa shape index (κ2) is 8.91. The van der Waals surface area contributed by atoms with E-state index in [0.717, 1.165) is 29.1 Å². The van der Waals surface area contributed by atoms with Crippen LogP contribution in [0.3, 0.4) is 0 Å². The molecule has 11 nitrogen and oxygen atoms in total. The normalized spacial score (nSPS) is 14.9. The van der Waals surface area contributed by atoms with Gasteiger partial charge in [-0.3, -0.25) is 9.78 Å². The summed E-state index contributed by atoms with van der Waals surface area (Å²) in [5.41, 5.74) is 0.549. The minimum absolute atomic E-state index is 0.103. The fourth-order valence-electron chi connectivity index (χ4n) is 4.55. The Morgan fingerprint density at radius 2 is 1.78 bits per heavy atom. The summed E-state index contributed by atoms with van der Waals surface area (Å²) in [6, 6.07) is 12.9. The maximum absolute atomic E-state index is 13.2. The summed E-state index contributed by atoms with van der Waals surface area (Å²) in [6.07, 6.45) is 1.47. The number of piperazine rings is 1. The van der Waals surface area contributed by atoms with E-state index in [4.69, 9.17) is 14.2 Å². The molecule has 0 radical (unpaired) electrons. The van der Waals surface area contributed by atoms with Crippen LogP contribution >= 0.6 is 0 Å². The molecule has 0 atom stereocenters. The van der Waals surface area contributed by atoms with Crippen molar-refractivity contribution in [3.05, 3.63) is 69.5 Å². The van der Waals surface area contributed by atoms with E-state index in [-0.39, 0.29) is 17.8 Å². The maximum Gasteiger partial charge on any atom is 0.334 e. The van der Waals surface area contributed by atoms with Crippen molar-refractivity contribution in [2.75, 3.05) is 49.4 Å². The number of aromatic nitrogens is 4. The molecule has 2 aromatic carbocycles. The Hall–Kier alpha value is -4.54. The topological polar surface area (TPSA) is 115 Å². The lowest BCUT2D eigenvalue weighted by Gasteiger charge is -2.36. The number of aromatic amines is 1. The zero-order chi connectivity index (χ0) is 24.6. The number of nitrogens with one attached hydrogen (secondary N) is 1. The standard InChI is InChI=1S/C25H24N6O5/c1-2-34-19-6-4-3-5-18(19)29-9-11-30(12-10-29)24-26-14-17-22(27-24)28-25(33)31(23(17)32)16-7-8-20-21(13-16)36-15-35-20/h3-8,13-14H,2,9-12,15H2,1H3,(H,26,27,28,33). The van der Waals surface area contributed by atoms with Gasteiger partial charge in [0.1, 0.15) is 11.1 Å². The highest BCUT2D eigenvalue weighted by atomic mass is 16.7. The number of rotatable bonds is 5. The molecule has 36 heavy (non-hydrogen) atoms. The first-order valence-corrected chi connectivity index (χ1v) is 11.8. The summed E-state index contributed by atoms with van der Waals surface area (Å²) in [7, 11) is 0. The Kier molecular flexibility index (Phi) is 5.44. The van der Waals surface area contributed by atoms with Crippen LogP contribution in [0.2, 0.25) is 0 Å². The van der Waals surface area contributed by atoms with Gasteiger partial charge in [0.15, 0.2) is 17.1 Å². The smallest absolute Gasteiger partial charge is 0.334 e. The van der Waals surface area contributed by atoms with Crippen molar-refractivity contribution in [2.24, 2.45) is 0 Å². The first kappa shape index (κ1) is 22.0. The van der Waals surface area contributed by atoms with Gasteiger partial charge < -0.3 is 24.0 Å². The van der Waals surface area contributed by atoms with Crippen LogP contribution in [0.4, 0.5) is 11.6 Å². The number of H-pyrrole nitrogens is 1. The number of fused-ring (bicyclic) bond motifs is 2. The molecule has 6 rings (SSSR count). The number of hydrogen-bond acceptors (Lipinski definition) is 9. The summed E-state index contributed by atoms with van der Waals surface area (Å²) < 4.78 is 17.5. The monoisotopic (exact) mass is 488 g/mol. The SMILES string of the molecule is CCOc1ccccc1N1CCN(c2ncc3c(=O)n(-c4ccc5c(c4)OCO5)c(=O)[nH]c3n2)CC1. The van der Waals surface area contributed by atoms with Crippen molar-refractivity contribution in [1.82, 2.24) is 19.5 Å². The second-order valence-corrected chi connectivity index (χ2v) is 8.42. The van der Waals surface area contributed by atoms with Crippen LogP contribution in [0.25, 0.3) is 16.7 Å². The number of anilines is 2. The van der Waals surface area contributed by atoms with Gasteiger partial charge in [0.25, 0.3) is 5.56 Å². The summed E-state index contributed by atoms with van der Waals surface area (Å²) in [6.45, 7) is 5.57. The first-order valence-electron chi connectivity index (χ1n) is 11.8. The molecule has 0 unspecified atom stereocenters. The lowest BCUT2D eigenvalue weighted by atomic mass is 10.2. The average Bonchev–Trinajstić information content (AvgIpc) is 3.37. The van der Waals surface area contributed by atoms with Crippen molar-refractivity contribution >= 4 is 22.7 Å². The van der Waals surface area contributed by atoms with Gasteiger partial charge in [-0.05, 0) is 31.2 Å². The Balaban J connectivity index is 1.26. The molecular formula is C25H24N6O5. The molecule has 0 bridgehead atoms. The van der Waals surface area contributed by atoms with E-state index < -0.39 is 11.2 Å². The van der Waals surface area contributed by atoms with Gasteiger partial charge in [-0.2, -0.15) is 4.98 Å². The van der Waals surface area contributed by atoms with Crippen molar-refractivity contribution in [3.8, 4) is 22.9 Å². The van der Waals surface area contributed by atoms with Gasteiger partial charge in [0.05, 0.1) is 18.0 Å². The predicted molar refractivity (Wildman–Crippen MR) is 134 cm³/mol. The summed E-state index contributed by atoms with van der Waals surface area (Å²) in [4.78, 5) is 42.1. The van der Waals surface area contributed by atoms with Crippen LogP contribution in [0.15, 0.2) is 58.3 Å². The molecule has 184 valence electrons. The molecule has 1 N–H and O–H groups in total. The molecule has 0 amide bonds. The summed E-state index contributed by atoms with van der Waals surface area (Å²) >= 11 is 0. The van der Waals surface area contributed by atoms with E-state index in [9.17, 15) is 9.59 Å². The lowest BCUT2D eigenvalue weighted by Crippen LogP contribution is -2.47. The quantitative estimate of drug-likeness (QED) is 0.450. The highest BCUT2D eigenvalue weighted by molar-refractivity contribution is 5.74. The molecule has 0 spiro atoms. The van der Waals surface area contributed by atoms with E-state index in [1.807, 2.05) is 30.0 Å². The third kappa shape index (κ3) is 3.78. The molecule has 11 heteroatoms. The number of ether oxygens (including phenoxy) is 3. The Labute approximate surface area is 205 Å². The number of benzene rings is 2. The van der Waals surface area contributed by atoms with Gasteiger partial charge in [-0.15, -0.1) is 0 Å². The third-order valence-corrected chi connectivity index (χ3v) is 6.32. The Morgan fingerprint density at radius 3 is 2.61 bits per heavy atom. The molecular weight excluding hydrogens is 464 g/mol. The molecule has 4 aromatic rings. The molecule has 2 aromatic heterocycles. The number of para-hydroxylation sites is 2. The van der Waals surface area contributed by atoms with E-state index in [2.05, 4.69) is 25.9 Å². The molecule has 1 fully saturated rings. The molecule has 1 saturated heterocycles. The molecule has 2 aliphatic heterocycles. The molecule has 4 heterocycles. The van der Waals surface area contributed by atoms with Crippen LogP contribution in [-0.4, -0.2) is 59.1 Å². The number of nitrogens with zero attached hydrogens (tertiary/aromatic N) is 5. The van der Waals surface area contributed by atoms with Crippen molar-refractivity contribution in [3.63, 3.8) is 0 Å². The lowest BCUT2D eigenvalue weighted by molar-refractivity contribution is 0.174. The van der Waals surface area contributed by atoms with Crippen molar-refractivity contribution < 1.29 is 14.2 Å². The molecule has 0 aliphatic carbocycles. The van der Waals surface area contributed by atoms with E-state index >= 15 is 0 Å². The second-order valence-electron chi connectivity index (χ2n) is 8.42. The number of hydrogen-bond donors (Lipinski definition) is 1. The van der Waals surface area contributed by atoms with E-state index in [1.165, 1.54) is 6.20 Å². The zero-order valence-electron chi connectivity index (χ0n) is 19.6. The third-order valence-electron chi connectivity index (χ3n) is 6.32. The van der Waals surface area contributed by atoms with Gasteiger partial charge in [0.2, 0.25) is 12.7 Å². The van der Waals surface area contributed by atoms with Gasteiger partial charge in [0, 0.05) is 38.4 Å².